The molecule has 1 N–H and O–H groups in total. The molecule has 2 rings (SSSR count). The van der Waals surface area contributed by atoms with Crippen molar-refractivity contribution in [3.05, 3.63) is 58.3 Å². The smallest absolute Gasteiger partial charge is 0.265 e. The van der Waals surface area contributed by atoms with Gasteiger partial charge < -0.3 is 10.1 Å². The van der Waals surface area contributed by atoms with Gasteiger partial charge in [-0.05, 0) is 37.3 Å². The molecular formula is C15H11BrF3NO2. The van der Waals surface area contributed by atoms with Gasteiger partial charge in [0.25, 0.3) is 5.91 Å². The summed E-state index contributed by atoms with van der Waals surface area (Å²) in [5.74, 6) is -3.41. The van der Waals surface area contributed by atoms with Crippen LogP contribution < -0.4 is 10.1 Å². The molecule has 0 saturated heterocycles. The molecule has 0 saturated carbocycles. The van der Waals surface area contributed by atoms with Crippen molar-refractivity contribution in [1.29, 1.82) is 0 Å². The fourth-order valence-electron chi connectivity index (χ4n) is 1.66. The van der Waals surface area contributed by atoms with Gasteiger partial charge in [-0.2, -0.15) is 0 Å². The molecule has 0 aliphatic rings. The van der Waals surface area contributed by atoms with E-state index < -0.39 is 35.2 Å². The number of hydrogen-bond donors (Lipinski definition) is 1. The first-order chi connectivity index (χ1) is 10.4. The number of para-hydroxylation sites is 1. The van der Waals surface area contributed by atoms with Gasteiger partial charge >= 0.3 is 0 Å². The number of halogens is 4. The summed E-state index contributed by atoms with van der Waals surface area (Å²) in [5, 5.41) is 2.08. The van der Waals surface area contributed by atoms with Gasteiger partial charge in [-0.3, -0.25) is 4.79 Å². The van der Waals surface area contributed by atoms with E-state index in [0.717, 1.165) is 12.1 Å². The lowest BCUT2D eigenvalue weighted by Gasteiger charge is -2.15. The molecule has 0 fully saturated rings. The Bertz CT molecular complexity index is 689. The molecule has 1 amide bonds. The highest BCUT2D eigenvalue weighted by Gasteiger charge is 2.20. The van der Waals surface area contributed by atoms with Crippen molar-refractivity contribution in [2.75, 3.05) is 5.32 Å². The van der Waals surface area contributed by atoms with Gasteiger partial charge in [0.05, 0.1) is 0 Å². The van der Waals surface area contributed by atoms with Crippen LogP contribution in [-0.2, 0) is 4.79 Å². The van der Waals surface area contributed by atoms with Crippen LogP contribution in [0.15, 0.2) is 40.9 Å². The average Bonchev–Trinajstić information content (AvgIpc) is 2.45. The van der Waals surface area contributed by atoms with E-state index >= 15 is 0 Å². The zero-order valence-electron chi connectivity index (χ0n) is 11.4. The predicted molar refractivity (Wildman–Crippen MR) is 79.2 cm³/mol. The highest BCUT2D eigenvalue weighted by molar-refractivity contribution is 9.10. The van der Waals surface area contributed by atoms with E-state index in [2.05, 4.69) is 21.2 Å². The number of hydrogen-bond acceptors (Lipinski definition) is 2. The van der Waals surface area contributed by atoms with Gasteiger partial charge in [0.2, 0.25) is 0 Å². The van der Waals surface area contributed by atoms with Crippen LogP contribution in [0, 0.1) is 17.5 Å². The van der Waals surface area contributed by atoms with E-state index in [1.54, 1.807) is 6.07 Å². The molecule has 0 unspecified atom stereocenters. The molecule has 3 nitrogen and oxygen atoms in total. The Morgan fingerprint density at radius 2 is 1.77 bits per heavy atom. The molecule has 0 spiro atoms. The molecule has 0 heterocycles. The van der Waals surface area contributed by atoms with Gasteiger partial charge in [-0.15, -0.1) is 0 Å². The highest BCUT2D eigenvalue weighted by Crippen LogP contribution is 2.23. The average molecular weight is 374 g/mol. The maximum atomic E-state index is 13.6. The number of nitrogens with one attached hydrogen (secondary N) is 1. The lowest BCUT2D eigenvalue weighted by molar-refractivity contribution is -0.122. The Hall–Kier alpha value is -2.02. The first-order valence-electron chi connectivity index (χ1n) is 6.25. The SMILES string of the molecule is C[C@H](Oc1ccc(Br)cc1F)C(=O)Nc1c(F)cccc1F. The fourth-order valence-corrected chi connectivity index (χ4v) is 1.99. The van der Waals surface area contributed by atoms with Crippen LogP contribution in [-0.4, -0.2) is 12.0 Å². The van der Waals surface area contributed by atoms with Gasteiger partial charge in [-0.1, -0.05) is 22.0 Å². The van der Waals surface area contributed by atoms with E-state index in [4.69, 9.17) is 4.74 Å². The first kappa shape index (κ1) is 16.4. The second-order valence-electron chi connectivity index (χ2n) is 4.42. The molecule has 116 valence electrons. The van der Waals surface area contributed by atoms with Crippen molar-refractivity contribution in [3.8, 4) is 5.75 Å². The topological polar surface area (TPSA) is 38.3 Å². The van der Waals surface area contributed by atoms with Crippen molar-refractivity contribution in [2.45, 2.75) is 13.0 Å². The fraction of sp³-hybridized carbons (Fsp3) is 0.133. The third-order valence-electron chi connectivity index (χ3n) is 2.78. The lowest BCUT2D eigenvalue weighted by Crippen LogP contribution is -2.31. The maximum Gasteiger partial charge on any atom is 0.265 e. The Labute approximate surface area is 133 Å². The molecule has 1 atom stereocenters. The van der Waals surface area contributed by atoms with E-state index in [-0.39, 0.29) is 5.75 Å². The summed E-state index contributed by atoms with van der Waals surface area (Å²) >= 11 is 3.09. The largest absolute Gasteiger partial charge is 0.478 e. The Balaban J connectivity index is 2.09. The van der Waals surface area contributed by atoms with Crippen molar-refractivity contribution < 1.29 is 22.7 Å². The molecular weight excluding hydrogens is 363 g/mol. The molecule has 2 aromatic carbocycles. The molecule has 0 bridgehead atoms. The minimum absolute atomic E-state index is 0.139. The summed E-state index contributed by atoms with van der Waals surface area (Å²) in [4.78, 5) is 11.9. The normalized spacial score (nSPS) is 11.9. The second kappa shape index (κ2) is 6.83. The summed E-state index contributed by atoms with van der Waals surface area (Å²) < 4.78 is 46.2. The quantitative estimate of drug-likeness (QED) is 0.868. The van der Waals surface area contributed by atoms with Crippen LogP contribution in [0.3, 0.4) is 0 Å². The molecule has 0 aromatic heterocycles. The van der Waals surface area contributed by atoms with E-state index in [9.17, 15) is 18.0 Å². The zero-order chi connectivity index (χ0) is 16.3. The molecule has 7 heteroatoms. The summed E-state index contributed by atoms with van der Waals surface area (Å²) in [5.41, 5.74) is -0.570. The predicted octanol–water partition coefficient (Wildman–Crippen LogP) is 4.27. The van der Waals surface area contributed by atoms with Crippen molar-refractivity contribution in [2.24, 2.45) is 0 Å². The summed E-state index contributed by atoms with van der Waals surface area (Å²) in [6, 6.07) is 7.26. The van der Waals surface area contributed by atoms with Gasteiger partial charge in [0.1, 0.15) is 17.3 Å². The number of carbonyl (C=O) groups excluding carboxylic acids is 1. The molecule has 0 radical (unpaired) electrons. The van der Waals surface area contributed by atoms with Crippen molar-refractivity contribution in [1.82, 2.24) is 0 Å². The first-order valence-corrected chi connectivity index (χ1v) is 7.04. The summed E-state index contributed by atoms with van der Waals surface area (Å²) in [6.45, 7) is 1.34. The third-order valence-corrected chi connectivity index (χ3v) is 3.27. The van der Waals surface area contributed by atoms with Gasteiger partial charge in [0, 0.05) is 4.47 Å². The Morgan fingerprint density at radius 1 is 1.14 bits per heavy atom. The Morgan fingerprint density at radius 3 is 2.36 bits per heavy atom. The van der Waals surface area contributed by atoms with Crippen LogP contribution in [0.5, 0.6) is 5.75 Å². The van der Waals surface area contributed by atoms with E-state index in [1.807, 2.05) is 0 Å². The second-order valence-corrected chi connectivity index (χ2v) is 5.34. The van der Waals surface area contributed by atoms with Crippen LogP contribution >= 0.6 is 15.9 Å². The molecule has 22 heavy (non-hydrogen) atoms. The minimum Gasteiger partial charge on any atom is -0.478 e. The summed E-state index contributed by atoms with van der Waals surface area (Å²) in [7, 11) is 0. The number of carbonyl (C=O) groups is 1. The zero-order valence-corrected chi connectivity index (χ0v) is 13.0. The number of rotatable bonds is 4. The van der Waals surface area contributed by atoms with Gasteiger partial charge in [-0.25, -0.2) is 13.2 Å². The lowest BCUT2D eigenvalue weighted by atomic mass is 10.2. The van der Waals surface area contributed by atoms with Crippen LogP contribution in [0.25, 0.3) is 0 Å². The highest BCUT2D eigenvalue weighted by atomic mass is 79.9. The number of amides is 1. The van der Waals surface area contributed by atoms with Crippen LogP contribution in [0.1, 0.15) is 6.92 Å². The van der Waals surface area contributed by atoms with Crippen molar-refractivity contribution >= 4 is 27.5 Å². The van der Waals surface area contributed by atoms with E-state index in [0.29, 0.717) is 4.47 Å². The summed E-state index contributed by atoms with van der Waals surface area (Å²) in [6.07, 6.45) is -1.14. The molecule has 0 aliphatic heterocycles. The van der Waals surface area contributed by atoms with Gasteiger partial charge in [0.15, 0.2) is 17.7 Å². The third kappa shape index (κ3) is 3.79. The monoisotopic (exact) mass is 373 g/mol. The number of benzene rings is 2. The maximum absolute atomic E-state index is 13.6. The van der Waals surface area contributed by atoms with Crippen molar-refractivity contribution in [3.63, 3.8) is 0 Å². The minimum atomic E-state index is -1.14. The van der Waals surface area contributed by atoms with Crippen LogP contribution in [0.2, 0.25) is 0 Å². The van der Waals surface area contributed by atoms with Crippen LogP contribution in [0.4, 0.5) is 18.9 Å². The molecule has 0 aliphatic carbocycles. The number of ether oxygens (including phenoxy) is 1. The van der Waals surface area contributed by atoms with E-state index in [1.165, 1.54) is 25.1 Å². The Kier molecular flexibility index (Phi) is 5.07. The number of anilines is 1. The molecule has 2 aromatic rings. The standard InChI is InChI=1S/C15H11BrF3NO2/c1-8(22-13-6-5-9(16)7-12(13)19)15(21)20-14-10(17)3-2-4-11(14)18/h2-8H,1H3,(H,20,21)/t8-/m0/s1.